The van der Waals surface area contributed by atoms with E-state index in [0.717, 1.165) is 12.8 Å². The Balaban J connectivity index is 2.35. The van der Waals surface area contributed by atoms with Gasteiger partial charge in [-0.1, -0.05) is 6.92 Å². The molecule has 14 heavy (non-hydrogen) atoms. The van der Waals surface area contributed by atoms with Gasteiger partial charge in [-0.05, 0) is 19.8 Å². The van der Waals surface area contributed by atoms with Gasteiger partial charge in [0.1, 0.15) is 0 Å². The van der Waals surface area contributed by atoms with Gasteiger partial charge < -0.3 is 15.2 Å². The Bertz CT molecular complexity index is 194. The van der Waals surface area contributed by atoms with Crippen molar-refractivity contribution in [2.75, 3.05) is 13.2 Å². The minimum atomic E-state index is -0.485. The fourth-order valence-corrected chi connectivity index (χ4v) is 1.73. The molecular formula is C10H19NO3. The summed E-state index contributed by atoms with van der Waals surface area (Å²) in [4.78, 5) is 11.6. The maximum atomic E-state index is 11.6. The van der Waals surface area contributed by atoms with Crippen molar-refractivity contribution in [1.29, 1.82) is 0 Å². The first-order valence-electron chi connectivity index (χ1n) is 5.22. The molecule has 1 heterocycles. The molecule has 0 bridgehead atoms. The van der Waals surface area contributed by atoms with Crippen molar-refractivity contribution in [3.63, 3.8) is 0 Å². The van der Waals surface area contributed by atoms with Gasteiger partial charge in [0.15, 0.2) is 0 Å². The number of amides is 1. The molecule has 4 heteroatoms. The molecule has 0 aliphatic carbocycles. The number of aliphatic hydroxyl groups is 1. The van der Waals surface area contributed by atoms with Crippen LogP contribution in [-0.4, -0.2) is 36.4 Å². The molecule has 0 aromatic rings. The van der Waals surface area contributed by atoms with Crippen LogP contribution in [0.1, 0.15) is 26.7 Å². The van der Waals surface area contributed by atoms with Gasteiger partial charge in [-0.2, -0.15) is 0 Å². The van der Waals surface area contributed by atoms with E-state index in [1.54, 1.807) is 6.92 Å². The summed E-state index contributed by atoms with van der Waals surface area (Å²) < 4.78 is 5.42. The molecule has 1 amide bonds. The highest BCUT2D eigenvalue weighted by Crippen LogP contribution is 2.23. The molecule has 2 unspecified atom stereocenters. The Morgan fingerprint density at radius 2 is 2.43 bits per heavy atom. The highest BCUT2D eigenvalue weighted by atomic mass is 16.5. The van der Waals surface area contributed by atoms with Crippen LogP contribution < -0.4 is 5.32 Å². The van der Waals surface area contributed by atoms with E-state index in [9.17, 15) is 4.79 Å². The smallest absolute Gasteiger partial charge is 0.225 e. The highest BCUT2D eigenvalue weighted by molar-refractivity contribution is 5.79. The quantitative estimate of drug-likeness (QED) is 0.687. The first kappa shape index (κ1) is 11.5. The van der Waals surface area contributed by atoms with Crippen LogP contribution in [-0.2, 0) is 9.53 Å². The predicted molar refractivity (Wildman–Crippen MR) is 52.8 cm³/mol. The van der Waals surface area contributed by atoms with Crippen LogP contribution in [0.2, 0.25) is 0 Å². The molecule has 4 nitrogen and oxygen atoms in total. The number of aliphatic hydroxyl groups excluding tert-OH is 1. The molecule has 3 atom stereocenters. The second-order valence-electron chi connectivity index (χ2n) is 3.81. The monoisotopic (exact) mass is 201 g/mol. The van der Waals surface area contributed by atoms with Crippen molar-refractivity contribution in [3.05, 3.63) is 0 Å². The largest absolute Gasteiger partial charge is 0.392 e. The van der Waals surface area contributed by atoms with Crippen molar-refractivity contribution in [3.8, 4) is 0 Å². The topological polar surface area (TPSA) is 58.6 Å². The number of ether oxygens (including phenoxy) is 1. The van der Waals surface area contributed by atoms with Gasteiger partial charge in [0, 0.05) is 13.2 Å². The zero-order chi connectivity index (χ0) is 10.6. The van der Waals surface area contributed by atoms with E-state index >= 15 is 0 Å². The Labute approximate surface area is 84.6 Å². The summed E-state index contributed by atoms with van der Waals surface area (Å²) in [7, 11) is 0. The van der Waals surface area contributed by atoms with Crippen LogP contribution in [0, 0.1) is 5.92 Å². The number of hydrogen-bond acceptors (Lipinski definition) is 3. The molecule has 0 aromatic heterocycles. The summed E-state index contributed by atoms with van der Waals surface area (Å²) in [6.45, 7) is 4.67. The lowest BCUT2D eigenvalue weighted by Gasteiger charge is -2.16. The van der Waals surface area contributed by atoms with Gasteiger partial charge in [-0.3, -0.25) is 4.79 Å². The molecule has 0 spiro atoms. The van der Waals surface area contributed by atoms with Crippen LogP contribution in [0.25, 0.3) is 0 Å². The maximum absolute atomic E-state index is 11.6. The van der Waals surface area contributed by atoms with Gasteiger partial charge in [0.25, 0.3) is 0 Å². The van der Waals surface area contributed by atoms with E-state index in [1.165, 1.54) is 0 Å². The molecule has 1 aliphatic rings. The standard InChI is InChI=1S/C10H19NO3/c1-3-9-8(4-5-14-9)10(13)11-6-7(2)12/h7-9,12H,3-6H2,1-2H3,(H,11,13)/t7-,8?,9?/m1/s1. The lowest BCUT2D eigenvalue weighted by atomic mass is 9.99. The van der Waals surface area contributed by atoms with Gasteiger partial charge >= 0.3 is 0 Å². The van der Waals surface area contributed by atoms with Crippen LogP contribution >= 0.6 is 0 Å². The van der Waals surface area contributed by atoms with Gasteiger partial charge in [0.05, 0.1) is 18.1 Å². The Kier molecular flexibility index (Phi) is 4.35. The molecule has 1 rings (SSSR count). The molecular weight excluding hydrogens is 182 g/mol. The maximum Gasteiger partial charge on any atom is 0.225 e. The number of rotatable bonds is 4. The predicted octanol–water partition coefficient (Wildman–Crippen LogP) is 0.299. The lowest BCUT2D eigenvalue weighted by molar-refractivity contribution is -0.127. The third-order valence-electron chi connectivity index (χ3n) is 2.52. The summed E-state index contributed by atoms with van der Waals surface area (Å²) in [6.07, 6.45) is 1.24. The normalized spacial score (nSPS) is 28.8. The number of hydrogen-bond donors (Lipinski definition) is 2. The van der Waals surface area contributed by atoms with Crippen molar-refractivity contribution < 1.29 is 14.6 Å². The summed E-state index contributed by atoms with van der Waals surface area (Å²) in [6, 6.07) is 0. The number of nitrogens with one attached hydrogen (secondary N) is 1. The van der Waals surface area contributed by atoms with Crippen LogP contribution in [0.4, 0.5) is 0 Å². The summed E-state index contributed by atoms with van der Waals surface area (Å²) in [5.41, 5.74) is 0. The molecule has 1 aliphatic heterocycles. The molecule has 1 fully saturated rings. The molecule has 1 saturated heterocycles. The first-order chi connectivity index (χ1) is 6.65. The fourth-order valence-electron chi connectivity index (χ4n) is 1.73. The lowest BCUT2D eigenvalue weighted by Crippen LogP contribution is -2.38. The van der Waals surface area contributed by atoms with Gasteiger partial charge in [0.2, 0.25) is 5.91 Å². The van der Waals surface area contributed by atoms with Crippen molar-refractivity contribution in [1.82, 2.24) is 5.32 Å². The molecule has 0 saturated carbocycles. The van der Waals surface area contributed by atoms with E-state index in [0.29, 0.717) is 13.2 Å². The van der Waals surface area contributed by atoms with Gasteiger partial charge in [-0.15, -0.1) is 0 Å². The molecule has 2 N–H and O–H groups in total. The molecule has 0 aromatic carbocycles. The number of carbonyl (C=O) groups is 1. The minimum absolute atomic E-state index is 0.00949. The Morgan fingerprint density at radius 3 is 3.00 bits per heavy atom. The molecule has 0 radical (unpaired) electrons. The third kappa shape index (κ3) is 2.96. The van der Waals surface area contributed by atoms with E-state index in [1.807, 2.05) is 6.92 Å². The Morgan fingerprint density at radius 1 is 1.71 bits per heavy atom. The second-order valence-corrected chi connectivity index (χ2v) is 3.81. The van der Waals surface area contributed by atoms with E-state index in [2.05, 4.69) is 5.32 Å². The second kappa shape index (κ2) is 5.32. The summed E-state index contributed by atoms with van der Waals surface area (Å²) in [5, 5.41) is 11.7. The zero-order valence-corrected chi connectivity index (χ0v) is 8.82. The number of carbonyl (C=O) groups excluding carboxylic acids is 1. The van der Waals surface area contributed by atoms with Gasteiger partial charge in [-0.25, -0.2) is 0 Å². The average Bonchev–Trinajstić information content (AvgIpc) is 2.61. The van der Waals surface area contributed by atoms with Crippen LogP contribution in [0.15, 0.2) is 0 Å². The highest BCUT2D eigenvalue weighted by Gasteiger charge is 2.32. The average molecular weight is 201 g/mol. The van der Waals surface area contributed by atoms with Crippen molar-refractivity contribution >= 4 is 5.91 Å². The van der Waals surface area contributed by atoms with E-state index < -0.39 is 6.10 Å². The van der Waals surface area contributed by atoms with Crippen LogP contribution in [0.3, 0.4) is 0 Å². The molecule has 82 valence electrons. The minimum Gasteiger partial charge on any atom is -0.392 e. The van der Waals surface area contributed by atoms with Crippen molar-refractivity contribution in [2.45, 2.75) is 38.9 Å². The Hall–Kier alpha value is -0.610. The summed E-state index contributed by atoms with van der Waals surface area (Å²) >= 11 is 0. The zero-order valence-electron chi connectivity index (χ0n) is 8.82. The van der Waals surface area contributed by atoms with E-state index in [4.69, 9.17) is 9.84 Å². The van der Waals surface area contributed by atoms with Crippen molar-refractivity contribution in [2.24, 2.45) is 5.92 Å². The van der Waals surface area contributed by atoms with E-state index in [-0.39, 0.29) is 17.9 Å². The third-order valence-corrected chi connectivity index (χ3v) is 2.52. The first-order valence-corrected chi connectivity index (χ1v) is 5.22. The van der Waals surface area contributed by atoms with Crippen LogP contribution in [0.5, 0.6) is 0 Å². The summed E-state index contributed by atoms with van der Waals surface area (Å²) in [5.74, 6) is -0.0194. The SMILES string of the molecule is CCC1OCCC1C(=O)NC[C@@H](C)O. The fraction of sp³-hybridized carbons (Fsp3) is 0.900.